The largest absolute Gasteiger partial charge is 0.479 e. The quantitative estimate of drug-likeness (QED) is 0.744. The molecule has 0 atom stereocenters. The summed E-state index contributed by atoms with van der Waals surface area (Å²) in [5, 5.41) is 18.1. The summed E-state index contributed by atoms with van der Waals surface area (Å²) in [6.07, 6.45) is 2.78. The first-order valence-corrected chi connectivity index (χ1v) is 6.81. The van der Waals surface area contributed by atoms with Crippen LogP contribution in [-0.2, 0) is 19.9 Å². The summed E-state index contributed by atoms with van der Waals surface area (Å²) < 4.78 is 1.25. The van der Waals surface area contributed by atoms with E-state index in [0.29, 0.717) is 5.69 Å². The highest BCUT2D eigenvalue weighted by Gasteiger charge is 2.30. The summed E-state index contributed by atoms with van der Waals surface area (Å²) in [6, 6.07) is 0. The molecule has 0 spiro atoms. The predicted octanol–water partition coefficient (Wildman–Crippen LogP) is 0.804. The van der Waals surface area contributed by atoms with Crippen LogP contribution >= 0.6 is 0 Å². The Morgan fingerprint density at radius 2 is 1.82 bits per heavy atom. The molecule has 8 heteroatoms. The highest BCUT2D eigenvalue weighted by atomic mass is 16.4. The maximum Gasteiger partial charge on any atom is 0.331 e. The molecule has 0 aliphatic rings. The number of carboxylic acids is 1. The van der Waals surface area contributed by atoms with Crippen LogP contribution in [0.3, 0.4) is 0 Å². The van der Waals surface area contributed by atoms with E-state index in [1.807, 2.05) is 0 Å². The van der Waals surface area contributed by atoms with E-state index in [0.717, 1.165) is 0 Å². The molecule has 1 rings (SSSR count). The van der Waals surface area contributed by atoms with E-state index in [9.17, 15) is 14.4 Å². The van der Waals surface area contributed by atoms with Crippen molar-refractivity contribution < 1.29 is 19.5 Å². The highest BCUT2D eigenvalue weighted by molar-refractivity contribution is 5.95. The molecule has 0 aromatic carbocycles. The third-order valence-corrected chi connectivity index (χ3v) is 3.05. The van der Waals surface area contributed by atoms with Crippen LogP contribution in [-0.4, -0.2) is 39.2 Å². The van der Waals surface area contributed by atoms with Crippen molar-refractivity contribution >= 4 is 23.5 Å². The zero-order chi connectivity index (χ0) is 17.1. The fraction of sp³-hybridized carbons (Fsp3) is 0.571. The van der Waals surface area contributed by atoms with E-state index in [1.54, 1.807) is 20.8 Å². The molecule has 0 radical (unpaired) electrons. The fourth-order valence-corrected chi connectivity index (χ4v) is 1.42. The van der Waals surface area contributed by atoms with E-state index in [1.165, 1.54) is 30.9 Å². The zero-order valence-electron chi connectivity index (χ0n) is 13.4. The number of carbonyl (C=O) groups excluding carboxylic acids is 2. The molecule has 8 nitrogen and oxygen atoms in total. The SMILES string of the molecule is CC(C)(C)C(=O)NCC(=O)Nc1cnn(C(C)(C)C(=O)O)c1. The Balaban J connectivity index is 2.62. The van der Waals surface area contributed by atoms with Crippen LogP contribution in [0.15, 0.2) is 12.4 Å². The smallest absolute Gasteiger partial charge is 0.331 e. The Morgan fingerprint density at radius 3 is 2.32 bits per heavy atom. The fourth-order valence-electron chi connectivity index (χ4n) is 1.42. The number of carbonyl (C=O) groups is 3. The van der Waals surface area contributed by atoms with Crippen LogP contribution in [0.2, 0.25) is 0 Å². The molecule has 0 aliphatic carbocycles. The van der Waals surface area contributed by atoms with Crippen LogP contribution in [0, 0.1) is 5.41 Å². The molecule has 0 aliphatic heterocycles. The van der Waals surface area contributed by atoms with Crippen molar-refractivity contribution in [3.63, 3.8) is 0 Å². The molecule has 2 amide bonds. The number of aromatic nitrogens is 2. The van der Waals surface area contributed by atoms with Crippen LogP contribution in [0.5, 0.6) is 0 Å². The number of nitrogens with one attached hydrogen (secondary N) is 2. The molecule has 3 N–H and O–H groups in total. The molecular formula is C14H22N4O4. The number of hydrogen-bond acceptors (Lipinski definition) is 4. The van der Waals surface area contributed by atoms with Gasteiger partial charge >= 0.3 is 5.97 Å². The van der Waals surface area contributed by atoms with Gasteiger partial charge in [-0.15, -0.1) is 0 Å². The first kappa shape index (κ1) is 17.7. The van der Waals surface area contributed by atoms with Gasteiger partial charge < -0.3 is 15.7 Å². The summed E-state index contributed by atoms with van der Waals surface area (Å²) in [5.74, 6) is -1.68. The lowest BCUT2D eigenvalue weighted by Crippen LogP contribution is -2.39. The molecule has 0 saturated carbocycles. The molecule has 0 unspecified atom stereocenters. The van der Waals surface area contributed by atoms with E-state index in [-0.39, 0.29) is 12.5 Å². The van der Waals surface area contributed by atoms with Crippen LogP contribution < -0.4 is 10.6 Å². The Bertz CT molecular complexity index is 584. The topological polar surface area (TPSA) is 113 Å². The van der Waals surface area contributed by atoms with Crippen LogP contribution in [0.4, 0.5) is 5.69 Å². The average Bonchev–Trinajstić information content (AvgIpc) is 2.83. The number of carboxylic acid groups (broad SMARTS) is 1. The maximum atomic E-state index is 11.8. The van der Waals surface area contributed by atoms with Gasteiger partial charge in [0.05, 0.1) is 18.4 Å². The summed E-state index contributed by atoms with van der Waals surface area (Å²) >= 11 is 0. The van der Waals surface area contributed by atoms with Crippen molar-refractivity contribution in [2.75, 3.05) is 11.9 Å². The molecular weight excluding hydrogens is 288 g/mol. The van der Waals surface area contributed by atoms with Gasteiger partial charge in [0.2, 0.25) is 11.8 Å². The van der Waals surface area contributed by atoms with Crippen molar-refractivity contribution in [1.82, 2.24) is 15.1 Å². The lowest BCUT2D eigenvalue weighted by atomic mass is 9.96. The van der Waals surface area contributed by atoms with Gasteiger partial charge in [0.25, 0.3) is 0 Å². The maximum absolute atomic E-state index is 11.8. The highest BCUT2D eigenvalue weighted by Crippen LogP contribution is 2.17. The van der Waals surface area contributed by atoms with Gasteiger partial charge in [-0.3, -0.25) is 14.3 Å². The monoisotopic (exact) mass is 310 g/mol. The normalized spacial score (nSPS) is 11.9. The lowest BCUT2D eigenvalue weighted by molar-refractivity contribution is -0.146. The number of anilines is 1. The lowest BCUT2D eigenvalue weighted by Gasteiger charge is -2.19. The Kier molecular flexibility index (Phi) is 4.95. The second-order valence-electron chi connectivity index (χ2n) is 6.52. The molecule has 0 saturated heterocycles. The molecule has 22 heavy (non-hydrogen) atoms. The first-order chi connectivity index (χ1) is 9.94. The van der Waals surface area contributed by atoms with E-state index < -0.39 is 22.8 Å². The number of rotatable bonds is 5. The Hall–Kier alpha value is -2.38. The van der Waals surface area contributed by atoms with Crippen molar-refractivity contribution in [3.8, 4) is 0 Å². The molecule has 1 aromatic heterocycles. The number of nitrogens with zero attached hydrogens (tertiary/aromatic N) is 2. The summed E-state index contributed by atoms with van der Waals surface area (Å²) in [4.78, 5) is 34.5. The van der Waals surface area contributed by atoms with Crippen molar-refractivity contribution in [3.05, 3.63) is 12.4 Å². The number of aliphatic carboxylic acids is 1. The molecule has 1 heterocycles. The minimum absolute atomic E-state index is 0.163. The summed E-state index contributed by atoms with van der Waals surface area (Å²) in [7, 11) is 0. The Labute approximate surface area is 128 Å². The van der Waals surface area contributed by atoms with E-state index >= 15 is 0 Å². The van der Waals surface area contributed by atoms with Gasteiger partial charge in [-0.2, -0.15) is 5.10 Å². The summed E-state index contributed by atoms with van der Waals surface area (Å²) in [5.41, 5.74) is -1.43. The minimum atomic E-state index is -1.22. The minimum Gasteiger partial charge on any atom is -0.479 e. The van der Waals surface area contributed by atoms with Gasteiger partial charge in [-0.1, -0.05) is 20.8 Å². The second kappa shape index (κ2) is 6.17. The van der Waals surface area contributed by atoms with Gasteiger partial charge in [0.15, 0.2) is 5.54 Å². The molecule has 0 fully saturated rings. The van der Waals surface area contributed by atoms with E-state index in [2.05, 4.69) is 15.7 Å². The van der Waals surface area contributed by atoms with Crippen LogP contribution in [0.25, 0.3) is 0 Å². The number of hydrogen-bond donors (Lipinski definition) is 3. The Morgan fingerprint density at radius 1 is 1.23 bits per heavy atom. The van der Waals surface area contributed by atoms with Crippen molar-refractivity contribution in [1.29, 1.82) is 0 Å². The second-order valence-corrected chi connectivity index (χ2v) is 6.52. The first-order valence-electron chi connectivity index (χ1n) is 6.81. The van der Waals surface area contributed by atoms with Crippen molar-refractivity contribution in [2.45, 2.75) is 40.2 Å². The third-order valence-electron chi connectivity index (χ3n) is 3.05. The van der Waals surface area contributed by atoms with E-state index in [4.69, 9.17) is 5.11 Å². The summed E-state index contributed by atoms with van der Waals surface area (Å²) in [6.45, 7) is 8.08. The van der Waals surface area contributed by atoms with Crippen LogP contribution in [0.1, 0.15) is 34.6 Å². The van der Waals surface area contributed by atoms with Gasteiger partial charge in [0, 0.05) is 11.6 Å². The van der Waals surface area contributed by atoms with Gasteiger partial charge in [-0.05, 0) is 13.8 Å². The zero-order valence-corrected chi connectivity index (χ0v) is 13.4. The molecule has 1 aromatic rings. The van der Waals surface area contributed by atoms with Gasteiger partial charge in [0.1, 0.15) is 0 Å². The molecule has 122 valence electrons. The molecule has 0 bridgehead atoms. The standard InChI is InChI=1S/C14H22N4O4/c1-13(2,3)11(20)15-7-10(19)17-9-6-16-18(8-9)14(4,5)12(21)22/h6,8H,7H2,1-5H3,(H,15,20)(H,17,19)(H,21,22). The van der Waals surface area contributed by atoms with Crippen molar-refractivity contribution in [2.24, 2.45) is 5.41 Å². The predicted molar refractivity (Wildman–Crippen MR) is 80.3 cm³/mol. The third kappa shape index (κ3) is 4.31. The average molecular weight is 310 g/mol. The number of amides is 2. The van der Waals surface area contributed by atoms with Gasteiger partial charge in [-0.25, -0.2) is 4.79 Å².